The smallest absolute Gasteiger partial charge is 0.162 e. The molecule has 1 N–H and O–H groups in total. The number of nitrogens with zero attached hydrogens (tertiary/aromatic N) is 5. The highest BCUT2D eigenvalue weighted by Gasteiger charge is 2.09. The molecule has 0 radical (unpaired) electrons. The fourth-order valence-corrected chi connectivity index (χ4v) is 2.62. The molecule has 0 aliphatic rings. The third-order valence-electron chi connectivity index (χ3n) is 3.94. The van der Waals surface area contributed by atoms with Crippen molar-refractivity contribution >= 4 is 5.82 Å². The summed E-state index contributed by atoms with van der Waals surface area (Å²) in [5.74, 6) is 1.44. The minimum Gasteiger partial charge on any atom is -0.472 e. The number of aromatic nitrogens is 5. The Morgan fingerprint density at radius 1 is 1.00 bits per heavy atom. The molecule has 0 amide bonds. The first-order valence-electron chi connectivity index (χ1n) is 8.40. The average molecular weight is 346 g/mol. The molecule has 0 aromatic carbocycles. The van der Waals surface area contributed by atoms with Crippen molar-refractivity contribution in [2.45, 2.75) is 13.0 Å². The van der Waals surface area contributed by atoms with E-state index in [4.69, 9.17) is 4.42 Å². The first-order chi connectivity index (χ1) is 12.9. The number of hydrogen-bond donors (Lipinski definition) is 1. The standard InChI is InChI=1S/C19H18N6O/c1(9-25-10-8-21-14-25)5-22-18-12-17(16-4-11-26-13-16)23-19(24-18)15-2-6-20-7-3-15/h2-4,6-8,10-14H,1,5,9H2,(H,22,23,24). The van der Waals surface area contributed by atoms with Crippen LogP contribution in [0.15, 0.2) is 72.3 Å². The van der Waals surface area contributed by atoms with Gasteiger partial charge in [-0.3, -0.25) is 4.98 Å². The number of hydrogen-bond acceptors (Lipinski definition) is 6. The molecule has 4 rings (SSSR count). The van der Waals surface area contributed by atoms with Crippen LogP contribution >= 0.6 is 0 Å². The highest BCUT2D eigenvalue weighted by atomic mass is 16.3. The van der Waals surface area contributed by atoms with E-state index in [-0.39, 0.29) is 0 Å². The molecule has 0 aliphatic heterocycles. The van der Waals surface area contributed by atoms with Crippen molar-refractivity contribution in [3.05, 3.63) is 67.9 Å². The average Bonchev–Trinajstić information content (AvgIpc) is 3.40. The lowest BCUT2D eigenvalue weighted by atomic mass is 10.2. The second-order valence-electron chi connectivity index (χ2n) is 5.79. The van der Waals surface area contributed by atoms with Crippen LogP contribution in [-0.4, -0.2) is 31.0 Å². The molecule has 0 aliphatic carbocycles. The molecular weight excluding hydrogens is 328 g/mol. The number of anilines is 1. The van der Waals surface area contributed by atoms with Gasteiger partial charge < -0.3 is 14.3 Å². The molecule has 0 unspecified atom stereocenters. The molecule has 0 bridgehead atoms. The van der Waals surface area contributed by atoms with Crippen molar-refractivity contribution in [2.24, 2.45) is 0 Å². The normalized spacial score (nSPS) is 10.8. The molecule has 0 fully saturated rings. The van der Waals surface area contributed by atoms with E-state index in [0.29, 0.717) is 5.82 Å². The van der Waals surface area contributed by atoms with Gasteiger partial charge in [-0.2, -0.15) is 0 Å². The van der Waals surface area contributed by atoms with Crippen LogP contribution in [0.4, 0.5) is 5.82 Å². The summed E-state index contributed by atoms with van der Waals surface area (Å²) in [6, 6.07) is 7.63. The first kappa shape index (κ1) is 16.0. The number of furan rings is 1. The molecule has 4 aromatic rings. The van der Waals surface area contributed by atoms with Gasteiger partial charge in [0.15, 0.2) is 5.82 Å². The van der Waals surface area contributed by atoms with E-state index in [1.165, 1.54) is 0 Å². The minimum absolute atomic E-state index is 0.656. The molecule has 7 heteroatoms. The van der Waals surface area contributed by atoms with Gasteiger partial charge in [-0.05, 0) is 24.6 Å². The van der Waals surface area contributed by atoms with Crippen LogP contribution in [0.25, 0.3) is 22.6 Å². The molecule has 0 spiro atoms. The number of pyridine rings is 1. The van der Waals surface area contributed by atoms with Crippen molar-refractivity contribution in [1.82, 2.24) is 24.5 Å². The molecule has 7 nitrogen and oxygen atoms in total. The molecule has 26 heavy (non-hydrogen) atoms. The maximum atomic E-state index is 5.19. The molecule has 0 atom stereocenters. The Balaban J connectivity index is 1.54. The third-order valence-corrected chi connectivity index (χ3v) is 3.94. The Morgan fingerprint density at radius 2 is 1.92 bits per heavy atom. The Kier molecular flexibility index (Phi) is 4.68. The number of imidazole rings is 1. The summed E-state index contributed by atoms with van der Waals surface area (Å²) < 4.78 is 7.25. The van der Waals surface area contributed by atoms with E-state index in [1.807, 2.05) is 36.8 Å². The van der Waals surface area contributed by atoms with Gasteiger partial charge in [0, 0.05) is 55.1 Å². The molecule has 4 heterocycles. The lowest BCUT2D eigenvalue weighted by Gasteiger charge is -2.10. The van der Waals surface area contributed by atoms with Crippen molar-refractivity contribution in [3.8, 4) is 22.6 Å². The van der Waals surface area contributed by atoms with E-state index in [9.17, 15) is 0 Å². The predicted octanol–water partition coefficient (Wildman–Crippen LogP) is 3.50. The topological polar surface area (TPSA) is 81.7 Å². The van der Waals surface area contributed by atoms with Gasteiger partial charge >= 0.3 is 0 Å². The van der Waals surface area contributed by atoms with E-state index >= 15 is 0 Å². The van der Waals surface area contributed by atoms with Gasteiger partial charge in [-0.1, -0.05) is 0 Å². The zero-order valence-electron chi connectivity index (χ0n) is 14.1. The summed E-state index contributed by atoms with van der Waals surface area (Å²) in [5.41, 5.74) is 2.66. The van der Waals surface area contributed by atoms with Crippen LogP contribution in [0.2, 0.25) is 0 Å². The van der Waals surface area contributed by atoms with Crippen LogP contribution in [-0.2, 0) is 6.54 Å². The first-order valence-corrected chi connectivity index (χ1v) is 8.40. The summed E-state index contributed by atoms with van der Waals surface area (Å²) >= 11 is 0. The van der Waals surface area contributed by atoms with E-state index in [1.54, 1.807) is 31.1 Å². The predicted molar refractivity (Wildman–Crippen MR) is 98.3 cm³/mol. The lowest BCUT2D eigenvalue weighted by molar-refractivity contribution is 0.568. The Morgan fingerprint density at radius 3 is 2.69 bits per heavy atom. The number of rotatable bonds is 7. The van der Waals surface area contributed by atoms with Crippen molar-refractivity contribution < 1.29 is 4.42 Å². The second kappa shape index (κ2) is 7.60. The zero-order valence-corrected chi connectivity index (χ0v) is 14.1. The van der Waals surface area contributed by atoms with E-state index < -0.39 is 0 Å². The van der Waals surface area contributed by atoms with Gasteiger partial charge in [0.05, 0.1) is 24.5 Å². The maximum Gasteiger partial charge on any atom is 0.162 e. The molecular formula is C19H18N6O. The second-order valence-corrected chi connectivity index (χ2v) is 5.79. The highest BCUT2D eigenvalue weighted by molar-refractivity contribution is 5.66. The lowest BCUT2D eigenvalue weighted by Crippen LogP contribution is -2.08. The van der Waals surface area contributed by atoms with Gasteiger partial charge in [-0.25, -0.2) is 15.0 Å². The van der Waals surface area contributed by atoms with Crippen molar-refractivity contribution in [2.75, 3.05) is 11.9 Å². The summed E-state index contributed by atoms with van der Waals surface area (Å²) in [5, 5.41) is 3.39. The summed E-state index contributed by atoms with van der Waals surface area (Å²) in [6.45, 7) is 1.71. The van der Waals surface area contributed by atoms with Crippen LogP contribution < -0.4 is 5.32 Å². The summed E-state index contributed by atoms with van der Waals surface area (Å²) in [6.07, 6.45) is 13.3. The molecule has 0 saturated heterocycles. The van der Waals surface area contributed by atoms with Crippen molar-refractivity contribution in [1.29, 1.82) is 0 Å². The SMILES string of the molecule is c1cc(-c2nc(NCCCn3ccnc3)cc(-c3ccoc3)n2)ccn1. The Labute approximate surface area is 150 Å². The monoisotopic (exact) mass is 346 g/mol. The quantitative estimate of drug-likeness (QED) is 0.516. The van der Waals surface area contributed by atoms with Crippen LogP contribution in [0, 0.1) is 0 Å². The van der Waals surface area contributed by atoms with Crippen LogP contribution in [0.5, 0.6) is 0 Å². The minimum atomic E-state index is 0.656. The number of nitrogens with one attached hydrogen (secondary N) is 1. The van der Waals surface area contributed by atoms with Gasteiger partial charge in [0.2, 0.25) is 0 Å². The number of aryl methyl sites for hydroxylation is 1. The summed E-state index contributed by atoms with van der Waals surface area (Å²) in [7, 11) is 0. The zero-order chi connectivity index (χ0) is 17.6. The van der Waals surface area contributed by atoms with Gasteiger partial charge in [-0.15, -0.1) is 0 Å². The third kappa shape index (κ3) is 3.77. The van der Waals surface area contributed by atoms with E-state index in [0.717, 1.165) is 42.1 Å². The maximum absolute atomic E-state index is 5.19. The van der Waals surface area contributed by atoms with E-state index in [2.05, 4.69) is 29.8 Å². The van der Waals surface area contributed by atoms with Crippen LogP contribution in [0.3, 0.4) is 0 Å². The Hall–Kier alpha value is -3.48. The highest BCUT2D eigenvalue weighted by Crippen LogP contribution is 2.24. The summed E-state index contributed by atoms with van der Waals surface area (Å²) in [4.78, 5) is 17.4. The molecule has 4 aromatic heterocycles. The Bertz CT molecular complexity index is 936. The molecule has 0 saturated carbocycles. The van der Waals surface area contributed by atoms with Gasteiger partial charge in [0.25, 0.3) is 0 Å². The van der Waals surface area contributed by atoms with Crippen molar-refractivity contribution in [3.63, 3.8) is 0 Å². The molecule has 130 valence electrons. The fraction of sp³-hybridized carbons (Fsp3) is 0.158. The fourth-order valence-electron chi connectivity index (χ4n) is 2.62. The van der Waals surface area contributed by atoms with Gasteiger partial charge in [0.1, 0.15) is 5.82 Å². The largest absolute Gasteiger partial charge is 0.472 e. The van der Waals surface area contributed by atoms with Crippen LogP contribution in [0.1, 0.15) is 6.42 Å².